The lowest BCUT2D eigenvalue weighted by Gasteiger charge is -2.21. The third kappa shape index (κ3) is 9.66. The molecule has 29 heavy (non-hydrogen) atoms. The van der Waals surface area contributed by atoms with Gasteiger partial charge in [0.15, 0.2) is 0 Å². The minimum atomic E-state index is -0.611. The van der Waals surface area contributed by atoms with E-state index in [9.17, 15) is 18.0 Å². The van der Waals surface area contributed by atoms with Crippen LogP contribution in [-0.2, 0) is 31.2 Å². The highest BCUT2D eigenvalue weighted by atomic mass is 32.2. The Hall–Kier alpha value is -1.56. The van der Waals surface area contributed by atoms with Gasteiger partial charge in [0.2, 0.25) is 11.6 Å². The van der Waals surface area contributed by atoms with Crippen LogP contribution in [0.1, 0.15) is 0 Å². The van der Waals surface area contributed by atoms with Gasteiger partial charge in [-0.3, -0.25) is 18.0 Å². The van der Waals surface area contributed by atoms with Gasteiger partial charge in [-0.05, 0) is 0 Å². The number of carbonyl (C=O) groups is 2. The maximum absolute atomic E-state index is 12.4. The van der Waals surface area contributed by atoms with Crippen LogP contribution in [0.5, 0.6) is 0 Å². The fourth-order valence-electron chi connectivity index (χ4n) is 2.28. The highest BCUT2D eigenvalue weighted by Crippen LogP contribution is 2.33. The van der Waals surface area contributed by atoms with Crippen molar-refractivity contribution < 1.29 is 18.0 Å². The molecule has 0 aromatic rings. The first kappa shape index (κ1) is 25.5. The molecule has 11 heteroatoms. The normalized spacial score (nSPS) is 19.0. The molecule has 166 valence electrons. The van der Waals surface area contributed by atoms with Crippen molar-refractivity contribution in [1.29, 1.82) is 0 Å². The number of hydrogen-bond acceptors (Lipinski definition) is 9. The lowest BCUT2D eigenvalue weighted by atomic mass is 10.0. The Morgan fingerprint density at radius 1 is 0.759 bits per heavy atom. The van der Waals surface area contributed by atoms with Crippen LogP contribution < -0.4 is 11.5 Å². The second-order valence-electron chi connectivity index (χ2n) is 6.94. The molecule has 0 atom stereocenters. The van der Waals surface area contributed by atoms with E-state index in [1.165, 1.54) is 6.08 Å². The molecule has 4 N–H and O–H groups in total. The van der Waals surface area contributed by atoms with Crippen LogP contribution in [0.25, 0.3) is 0 Å². The second kappa shape index (κ2) is 12.2. The van der Waals surface area contributed by atoms with Gasteiger partial charge in [0, 0.05) is 105 Å². The van der Waals surface area contributed by atoms with Crippen molar-refractivity contribution in [3.8, 4) is 0 Å². The molecule has 3 fully saturated rings. The van der Waals surface area contributed by atoms with Crippen molar-refractivity contribution in [2.24, 2.45) is 11.5 Å². The zero-order valence-corrected chi connectivity index (χ0v) is 19.3. The Bertz CT molecular complexity index is 689. The molecule has 0 aromatic carbocycles. The largest absolute Gasteiger partial charge is 0.365 e. The summed E-state index contributed by atoms with van der Waals surface area (Å²) in [6.45, 7) is 6.60. The summed E-state index contributed by atoms with van der Waals surface area (Å²) in [6.07, 6.45) is 8.08. The Morgan fingerprint density at radius 3 is 1.41 bits per heavy atom. The van der Waals surface area contributed by atoms with Crippen molar-refractivity contribution in [3.63, 3.8) is 0 Å². The molecule has 0 unspecified atom stereocenters. The minimum absolute atomic E-state index is 0.00546. The monoisotopic (exact) mass is 447 g/mol. The molecular formula is C18H33N5O4S2. The first-order valence-electron chi connectivity index (χ1n) is 9.34. The van der Waals surface area contributed by atoms with Gasteiger partial charge in [-0.25, -0.2) is 0 Å². The molecule has 0 amide bonds. The number of nitrogens with two attached hydrogens (primary N) is 2. The van der Waals surface area contributed by atoms with Gasteiger partial charge in [-0.15, -0.1) is 0 Å². The average molecular weight is 448 g/mol. The number of ketones is 2. The summed E-state index contributed by atoms with van der Waals surface area (Å²) in [5.74, 6) is 0.0485. The quantitative estimate of drug-likeness (QED) is 0.374. The summed E-state index contributed by atoms with van der Waals surface area (Å²) >= 11 is 0. The summed E-state index contributed by atoms with van der Waals surface area (Å²) in [5.41, 5.74) is 11.7. The summed E-state index contributed by atoms with van der Waals surface area (Å²) in [6, 6.07) is 0. The van der Waals surface area contributed by atoms with Gasteiger partial charge in [0.05, 0.1) is 5.70 Å². The lowest BCUT2D eigenvalue weighted by molar-refractivity contribution is -0.117. The van der Waals surface area contributed by atoms with Crippen LogP contribution in [-0.4, -0.2) is 112 Å². The maximum atomic E-state index is 12.4. The van der Waals surface area contributed by atoms with Crippen LogP contribution >= 0.6 is 0 Å². The van der Waals surface area contributed by atoms with Gasteiger partial charge in [-0.2, -0.15) is 0 Å². The summed E-state index contributed by atoms with van der Waals surface area (Å²) in [4.78, 5) is 30.5. The van der Waals surface area contributed by atoms with Crippen molar-refractivity contribution in [3.05, 3.63) is 23.2 Å². The predicted octanol–water partition coefficient (Wildman–Crippen LogP) is -1.93. The number of rotatable bonds is 4. The van der Waals surface area contributed by atoms with Crippen LogP contribution in [0.15, 0.2) is 23.2 Å². The van der Waals surface area contributed by atoms with Gasteiger partial charge in [0.1, 0.15) is 11.4 Å². The van der Waals surface area contributed by atoms with E-state index in [0.29, 0.717) is 30.2 Å². The number of allylic oxidation sites excluding steroid dienone is 1. The molecule has 0 spiro atoms. The third-order valence-electron chi connectivity index (χ3n) is 3.65. The first-order chi connectivity index (χ1) is 13.6. The number of hydrogen-bond donors (Lipinski definition) is 2. The molecule has 4 rings (SSSR count). The predicted molar refractivity (Wildman–Crippen MR) is 118 cm³/mol. The van der Waals surface area contributed by atoms with Crippen molar-refractivity contribution >= 4 is 33.2 Å². The number of carbonyl (C=O) groups excluding carboxylic acids is 2. The number of nitrogens with zero attached hydrogens (tertiary/aromatic N) is 3. The van der Waals surface area contributed by atoms with Gasteiger partial charge < -0.3 is 26.2 Å². The topological polar surface area (TPSA) is 129 Å². The van der Waals surface area contributed by atoms with Gasteiger partial charge in [0.25, 0.3) is 0 Å². The molecule has 4 aliphatic rings. The van der Waals surface area contributed by atoms with Gasteiger partial charge in [-0.1, -0.05) is 0 Å². The summed E-state index contributed by atoms with van der Waals surface area (Å²) in [7, 11) is -1.22. The molecule has 0 aromatic heterocycles. The van der Waals surface area contributed by atoms with Crippen LogP contribution in [0, 0.1) is 0 Å². The molecule has 3 saturated heterocycles. The van der Waals surface area contributed by atoms with E-state index in [1.54, 1.807) is 25.0 Å². The standard InChI is InChI=1S/C12H13N3O2.C2H8N2.2C2H6OS/c16-9-7-8(13-1-2-13)12(17)11(15-5-6-15)10(9)14-3-4-14;3-1-2-4;2*1-4(2)3/h7H,1-6H2;1-4H2;2*1-2H3. The fourth-order valence-corrected chi connectivity index (χ4v) is 2.28. The molecule has 0 bridgehead atoms. The van der Waals surface area contributed by atoms with E-state index in [0.717, 1.165) is 39.3 Å². The zero-order valence-electron chi connectivity index (χ0n) is 17.7. The van der Waals surface area contributed by atoms with E-state index in [4.69, 9.17) is 11.5 Å². The molecule has 3 aliphatic heterocycles. The smallest absolute Gasteiger partial charge is 0.227 e. The van der Waals surface area contributed by atoms with Crippen molar-refractivity contribution in [1.82, 2.24) is 14.7 Å². The van der Waals surface area contributed by atoms with Crippen molar-refractivity contribution in [2.45, 2.75) is 0 Å². The van der Waals surface area contributed by atoms with Crippen LogP contribution in [0.4, 0.5) is 0 Å². The molecule has 9 nitrogen and oxygen atoms in total. The molecular weight excluding hydrogens is 414 g/mol. The van der Waals surface area contributed by atoms with E-state index in [-0.39, 0.29) is 11.6 Å². The van der Waals surface area contributed by atoms with Crippen molar-refractivity contribution in [2.75, 3.05) is 77.4 Å². The Labute approximate surface area is 178 Å². The first-order valence-corrected chi connectivity index (χ1v) is 13.3. The Kier molecular flexibility index (Phi) is 10.7. The maximum Gasteiger partial charge on any atom is 0.227 e. The SMILES string of the molecule is CS(C)=O.CS(C)=O.NCCN.O=C1C=C(N2CC2)C(=O)C(N2CC2)=C1N1CC1. The van der Waals surface area contributed by atoms with E-state index in [1.807, 2.05) is 14.7 Å². The van der Waals surface area contributed by atoms with Crippen LogP contribution in [0.2, 0.25) is 0 Å². The summed E-state index contributed by atoms with van der Waals surface area (Å²) < 4.78 is 19.1. The molecule has 1 aliphatic carbocycles. The fraction of sp³-hybridized carbons (Fsp3) is 0.667. The highest BCUT2D eigenvalue weighted by Gasteiger charge is 2.43. The van der Waals surface area contributed by atoms with Gasteiger partial charge >= 0.3 is 0 Å². The van der Waals surface area contributed by atoms with E-state index >= 15 is 0 Å². The highest BCUT2D eigenvalue weighted by molar-refractivity contribution is 7.83. The molecule has 3 heterocycles. The molecule has 0 saturated carbocycles. The minimum Gasteiger partial charge on any atom is -0.365 e. The number of Topliss-reactive ketones (excluding diaryl/α,β-unsaturated/α-hetero) is 1. The summed E-state index contributed by atoms with van der Waals surface area (Å²) in [5, 5.41) is 0. The third-order valence-corrected chi connectivity index (χ3v) is 3.65. The second-order valence-corrected chi connectivity index (χ2v) is 9.91. The Morgan fingerprint density at radius 2 is 1.10 bits per heavy atom. The lowest BCUT2D eigenvalue weighted by Crippen LogP contribution is -2.29. The zero-order chi connectivity index (χ0) is 22.1. The van der Waals surface area contributed by atoms with E-state index < -0.39 is 21.6 Å². The average Bonchev–Trinajstić information content (AvgIpc) is 3.48. The molecule has 0 radical (unpaired) electrons. The van der Waals surface area contributed by atoms with E-state index in [2.05, 4.69) is 0 Å². The Balaban J connectivity index is 0.000000294. The van der Waals surface area contributed by atoms with Crippen LogP contribution in [0.3, 0.4) is 0 Å².